The molecule has 18 heavy (non-hydrogen) atoms. The summed E-state index contributed by atoms with van der Waals surface area (Å²) in [4.78, 5) is 2.08. The zero-order chi connectivity index (χ0) is 13.5. The number of anilines is 1. The molecule has 0 aliphatic rings. The number of hydrogen-bond donors (Lipinski definition) is 3. The van der Waals surface area contributed by atoms with Gasteiger partial charge in [0.05, 0.1) is 7.11 Å². The zero-order valence-electron chi connectivity index (χ0n) is 11.5. The molecule has 0 aliphatic heterocycles. The lowest BCUT2D eigenvalue weighted by Crippen LogP contribution is -2.29. The normalized spacial score (nSPS) is 10.3. The molecule has 0 saturated carbocycles. The summed E-state index contributed by atoms with van der Waals surface area (Å²) in [6.07, 6.45) is 0. The quantitative estimate of drug-likeness (QED) is 0.550. The van der Waals surface area contributed by atoms with Gasteiger partial charge in [0.15, 0.2) is 5.96 Å². The maximum Gasteiger partial charge on any atom is 0.192 e. The summed E-state index contributed by atoms with van der Waals surface area (Å²) in [5.74, 6) is 1.17. The minimum atomic E-state index is 0.304. The Balaban J connectivity index is 2.85. The van der Waals surface area contributed by atoms with Crippen molar-refractivity contribution < 1.29 is 4.74 Å². The molecule has 0 unspecified atom stereocenters. The minimum Gasteiger partial charge on any atom is -0.496 e. The SMILES string of the molecule is CCNC(=N)Nc1ccc(OC)c(CN(C)C)c1. The van der Waals surface area contributed by atoms with E-state index < -0.39 is 0 Å². The Kier molecular flexibility index (Phi) is 5.45. The minimum absolute atomic E-state index is 0.304. The third kappa shape index (κ3) is 4.25. The first-order chi connectivity index (χ1) is 8.56. The van der Waals surface area contributed by atoms with Crippen LogP contribution in [0.4, 0.5) is 5.69 Å². The topological polar surface area (TPSA) is 60.4 Å². The van der Waals surface area contributed by atoms with Crippen molar-refractivity contribution in [3.8, 4) is 5.75 Å². The molecule has 0 saturated heterocycles. The molecule has 5 heteroatoms. The summed E-state index contributed by atoms with van der Waals surface area (Å²) in [6.45, 7) is 3.49. The predicted octanol–water partition coefficient (Wildman–Crippen LogP) is 1.71. The van der Waals surface area contributed by atoms with Gasteiger partial charge in [0.2, 0.25) is 0 Å². The van der Waals surface area contributed by atoms with Gasteiger partial charge in [0, 0.05) is 24.3 Å². The number of ether oxygens (including phenoxy) is 1. The molecule has 5 nitrogen and oxygen atoms in total. The molecular weight excluding hydrogens is 228 g/mol. The van der Waals surface area contributed by atoms with Gasteiger partial charge in [-0.3, -0.25) is 5.41 Å². The van der Waals surface area contributed by atoms with Crippen molar-refractivity contribution in [2.24, 2.45) is 0 Å². The average molecular weight is 250 g/mol. The Morgan fingerprint density at radius 1 is 1.39 bits per heavy atom. The van der Waals surface area contributed by atoms with Crippen molar-refractivity contribution in [3.63, 3.8) is 0 Å². The molecule has 1 aromatic rings. The predicted molar refractivity (Wildman–Crippen MR) is 75.4 cm³/mol. The van der Waals surface area contributed by atoms with Gasteiger partial charge in [-0.1, -0.05) is 0 Å². The molecule has 0 aromatic heterocycles. The van der Waals surface area contributed by atoms with Crippen LogP contribution in [0.15, 0.2) is 18.2 Å². The Hall–Kier alpha value is -1.75. The van der Waals surface area contributed by atoms with E-state index in [0.717, 1.165) is 30.1 Å². The van der Waals surface area contributed by atoms with E-state index in [1.165, 1.54) is 0 Å². The van der Waals surface area contributed by atoms with E-state index in [1.807, 2.05) is 39.2 Å². The van der Waals surface area contributed by atoms with Crippen molar-refractivity contribution in [1.82, 2.24) is 10.2 Å². The lowest BCUT2D eigenvalue weighted by Gasteiger charge is -2.16. The molecule has 1 aromatic carbocycles. The van der Waals surface area contributed by atoms with E-state index in [1.54, 1.807) is 7.11 Å². The lowest BCUT2D eigenvalue weighted by atomic mass is 10.1. The van der Waals surface area contributed by atoms with Crippen LogP contribution in [-0.4, -0.2) is 38.6 Å². The Morgan fingerprint density at radius 2 is 2.11 bits per heavy atom. The Bertz CT molecular complexity index is 404. The van der Waals surface area contributed by atoms with E-state index in [4.69, 9.17) is 10.1 Å². The Labute approximate surface area is 109 Å². The van der Waals surface area contributed by atoms with Gasteiger partial charge in [0.1, 0.15) is 5.75 Å². The Morgan fingerprint density at radius 3 is 2.67 bits per heavy atom. The highest BCUT2D eigenvalue weighted by Gasteiger charge is 2.06. The summed E-state index contributed by atoms with van der Waals surface area (Å²) in [7, 11) is 5.70. The van der Waals surface area contributed by atoms with Crippen molar-refractivity contribution in [2.45, 2.75) is 13.5 Å². The van der Waals surface area contributed by atoms with Gasteiger partial charge in [-0.15, -0.1) is 0 Å². The summed E-state index contributed by atoms with van der Waals surface area (Å²) in [6, 6.07) is 5.83. The number of rotatable bonds is 5. The first kappa shape index (κ1) is 14.3. The summed E-state index contributed by atoms with van der Waals surface area (Å²) < 4.78 is 5.33. The number of guanidine groups is 1. The van der Waals surface area contributed by atoms with E-state index in [0.29, 0.717) is 5.96 Å². The molecule has 0 spiro atoms. The smallest absolute Gasteiger partial charge is 0.192 e. The highest BCUT2D eigenvalue weighted by atomic mass is 16.5. The number of benzene rings is 1. The van der Waals surface area contributed by atoms with Gasteiger partial charge in [-0.2, -0.15) is 0 Å². The standard InChI is InChI=1S/C13H22N4O/c1-5-15-13(14)16-11-6-7-12(18-4)10(8-11)9-17(2)3/h6-8H,5,9H2,1-4H3,(H3,14,15,16). The second-order valence-electron chi connectivity index (χ2n) is 4.29. The first-order valence-corrected chi connectivity index (χ1v) is 5.98. The van der Waals surface area contributed by atoms with Crippen molar-refractivity contribution >= 4 is 11.6 Å². The number of nitrogens with one attached hydrogen (secondary N) is 3. The zero-order valence-corrected chi connectivity index (χ0v) is 11.5. The van der Waals surface area contributed by atoms with Crippen LogP contribution < -0.4 is 15.4 Å². The molecule has 0 bridgehead atoms. The third-order valence-corrected chi connectivity index (χ3v) is 2.39. The van der Waals surface area contributed by atoms with E-state index in [9.17, 15) is 0 Å². The molecule has 0 atom stereocenters. The van der Waals surface area contributed by atoms with Crippen molar-refractivity contribution in [3.05, 3.63) is 23.8 Å². The number of methoxy groups -OCH3 is 1. The van der Waals surface area contributed by atoms with E-state index in [2.05, 4.69) is 15.5 Å². The molecule has 1 rings (SSSR count). The summed E-state index contributed by atoms with van der Waals surface area (Å²) >= 11 is 0. The van der Waals surface area contributed by atoms with Crippen LogP contribution in [-0.2, 0) is 6.54 Å². The van der Waals surface area contributed by atoms with Crippen molar-refractivity contribution in [2.75, 3.05) is 33.1 Å². The van der Waals surface area contributed by atoms with Gasteiger partial charge in [-0.25, -0.2) is 0 Å². The van der Waals surface area contributed by atoms with Crippen LogP contribution in [0.3, 0.4) is 0 Å². The molecule has 0 amide bonds. The number of nitrogens with zero attached hydrogens (tertiary/aromatic N) is 1. The lowest BCUT2D eigenvalue weighted by molar-refractivity contribution is 0.372. The van der Waals surface area contributed by atoms with Crippen LogP contribution in [0.25, 0.3) is 0 Å². The largest absolute Gasteiger partial charge is 0.496 e. The second kappa shape index (κ2) is 6.86. The molecule has 0 radical (unpaired) electrons. The third-order valence-electron chi connectivity index (χ3n) is 2.39. The maximum absolute atomic E-state index is 7.67. The van der Waals surface area contributed by atoms with Gasteiger partial charge < -0.3 is 20.3 Å². The fraction of sp³-hybridized carbons (Fsp3) is 0.462. The van der Waals surface area contributed by atoms with Crippen LogP contribution in [0.2, 0.25) is 0 Å². The molecule has 100 valence electrons. The first-order valence-electron chi connectivity index (χ1n) is 5.98. The molecule has 3 N–H and O–H groups in total. The molecule has 0 aliphatic carbocycles. The average Bonchev–Trinajstić information content (AvgIpc) is 2.28. The van der Waals surface area contributed by atoms with Crippen molar-refractivity contribution in [1.29, 1.82) is 5.41 Å². The van der Waals surface area contributed by atoms with Gasteiger partial charge in [-0.05, 0) is 39.2 Å². The number of hydrogen-bond acceptors (Lipinski definition) is 3. The molecular formula is C13H22N4O. The van der Waals surface area contributed by atoms with Gasteiger partial charge >= 0.3 is 0 Å². The highest BCUT2D eigenvalue weighted by molar-refractivity contribution is 5.91. The fourth-order valence-corrected chi connectivity index (χ4v) is 1.69. The maximum atomic E-state index is 7.67. The fourth-order valence-electron chi connectivity index (χ4n) is 1.69. The van der Waals surface area contributed by atoms with Crippen LogP contribution >= 0.6 is 0 Å². The van der Waals surface area contributed by atoms with E-state index >= 15 is 0 Å². The summed E-state index contributed by atoms with van der Waals surface area (Å²) in [5, 5.41) is 13.6. The van der Waals surface area contributed by atoms with Crippen LogP contribution in [0, 0.1) is 5.41 Å². The summed E-state index contributed by atoms with van der Waals surface area (Å²) in [5.41, 5.74) is 1.98. The van der Waals surface area contributed by atoms with Crippen LogP contribution in [0.5, 0.6) is 5.75 Å². The monoisotopic (exact) mass is 250 g/mol. The second-order valence-corrected chi connectivity index (χ2v) is 4.29. The highest BCUT2D eigenvalue weighted by Crippen LogP contribution is 2.23. The molecule has 0 heterocycles. The van der Waals surface area contributed by atoms with Crippen LogP contribution in [0.1, 0.15) is 12.5 Å². The van der Waals surface area contributed by atoms with Gasteiger partial charge in [0.25, 0.3) is 0 Å². The molecule has 0 fully saturated rings. The van der Waals surface area contributed by atoms with E-state index in [-0.39, 0.29) is 0 Å².